The van der Waals surface area contributed by atoms with Crippen molar-refractivity contribution in [2.24, 2.45) is 12.5 Å². The fraction of sp³-hybridized carbons (Fsp3) is 0.700. The molecule has 0 bridgehead atoms. The molecule has 0 aromatic carbocycles. The second-order valence-corrected chi connectivity index (χ2v) is 5.61. The van der Waals surface area contributed by atoms with Crippen molar-refractivity contribution in [1.29, 1.82) is 0 Å². The highest BCUT2D eigenvalue weighted by Gasteiger charge is 2.48. The van der Waals surface area contributed by atoms with Gasteiger partial charge in [0.15, 0.2) is 4.77 Å². The zero-order valence-corrected chi connectivity index (χ0v) is 11.7. The van der Waals surface area contributed by atoms with Gasteiger partial charge >= 0.3 is 6.18 Å². The molecular formula is C10H15F3N4OS. The second-order valence-electron chi connectivity index (χ2n) is 5.23. The summed E-state index contributed by atoms with van der Waals surface area (Å²) in [5, 5.41) is 7.89. The molecule has 0 aliphatic carbocycles. The molecule has 0 aliphatic heterocycles. The molecule has 0 saturated heterocycles. The van der Waals surface area contributed by atoms with Gasteiger partial charge < -0.3 is 5.32 Å². The molecule has 0 fully saturated rings. The summed E-state index contributed by atoms with van der Waals surface area (Å²) in [5.74, 6) is -1.12. The Morgan fingerprint density at radius 2 is 1.95 bits per heavy atom. The van der Waals surface area contributed by atoms with Crippen molar-refractivity contribution < 1.29 is 18.0 Å². The van der Waals surface area contributed by atoms with Crippen molar-refractivity contribution in [3.63, 3.8) is 0 Å². The average molecular weight is 296 g/mol. The molecule has 19 heavy (non-hydrogen) atoms. The van der Waals surface area contributed by atoms with Crippen LogP contribution in [0.15, 0.2) is 0 Å². The van der Waals surface area contributed by atoms with E-state index in [-0.39, 0.29) is 10.6 Å². The van der Waals surface area contributed by atoms with Gasteiger partial charge in [0.1, 0.15) is 6.04 Å². The van der Waals surface area contributed by atoms with Crippen molar-refractivity contribution in [2.45, 2.75) is 33.0 Å². The molecule has 108 valence electrons. The minimum atomic E-state index is -4.54. The molecule has 1 amide bonds. The molecule has 9 heteroatoms. The Labute approximate surface area is 113 Å². The predicted octanol–water partition coefficient (Wildman–Crippen LogP) is 2.18. The number of hydrogen-bond acceptors (Lipinski definition) is 3. The maximum atomic E-state index is 12.9. The van der Waals surface area contributed by atoms with Crippen molar-refractivity contribution in [1.82, 2.24) is 20.1 Å². The largest absolute Gasteiger partial charge is 0.409 e. The molecule has 1 atom stereocenters. The van der Waals surface area contributed by atoms with Gasteiger partial charge in [-0.15, -0.1) is 5.10 Å². The normalized spacial score (nSPS) is 14.3. The van der Waals surface area contributed by atoms with E-state index in [1.165, 1.54) is 32.4 Å². The molecule has 1 aromatic rings. The van der Waals surface area contributed by atoms with Crippen LogP contribution in [0.25, 0.3) is 0 Å². The van der Waals surface area contributed by atoms with Crippen LogP contribution in [0, 0.1) is 10.2 Å². The molecule has 2 N–H and O–H groups in total. The number of halogens is 3. The lowest BCUT2D eigenvalue weighted by molar-refractivity contribution is -0.174. The van der Waals surface area contributed by atoms with Crippen LogP contribution in [-0.4, -0.2) is 32.9 Å². The smallest absolute Gasteiger partial charge is 0.337 e. The van der Waals surface area contributed by atoms with Crippen molar-refractivity contribution in [3.05, 3.63) is 10.6 Å². The maximum absolute atomic E-state index is 12.9. The summed E-state index contributed by atoms with van der Waals surface area (Å²) in [7, 11) is 1.44. The minimum Gasteiger partial charge on any atom is -0.337 e. The number of alkyl halides is 3. The molecule has 0 radical (unpaired) electrons. The summed E-state index contributed by atoms with van der Waals surface area (Å²) in [5.41, 5.74) is -1.17. The number of carbonyl (C=O) groups excluding carboxylic acids is 1. The van der Waals surface area contributed by atoms with E-state index in [0.717, 1.165) is 0 Å². The first kappa shape index (κ1) is 15.7. The van der Waals surface area contributed by atoms with Crippen LogP contribution in [0.2, 0.25) is 0 Å². The number of nitrogens with zero attached hydrogens (tertiary/aromatic N) is 2. The van der Waals surface area contributed by atoms with E-state index < -0.39 is 23.5 Å². The Balaban J connectivity index is 3.02. The number of nitrogens with one attached hydrogen (secondary N) is 2. The minimum absolute atomic E-state index is 0.157. The first-order valence-electron chi connectivity index (χ1n) is 5.43. The van der Waals surface area contributed by atoms with Crippen molar-refractivity contribution in [3.8, 4) is 0 Å². The zero-order valence-electron chi connectivity index (χ0n) is 10.9. The lowest BCUT2D eigenvalue weighted by atomic mass is 9.86. The second kappa shape index (κ2) is 4.95. The van der Waals surface area contributed by atoms with E-state index in [1.807, 2.05) is 5.32 Å². The molecular weight excluding hydrogens is 281 g/mol. The van der Waals surface area contributed by atoms with Crippen LogP contribution in [0.5, 0.6) is 0 Å². The van der Waals surface area contributed by atoms with Gasteiger partial charge in [0, 0.05) is 7.05 Å². The van der Waals surface area contributed by atoms with Gasteiger partial charge in [-0.3, -0.25) is 14.5 Å². The summed E-state index contributed by atoms with van der Waals surface area (Å²) in [4.78, 5) is 11.8. The highest BCUT2D eigenvalue weighted by Crippen LogP contribution is 2.33. The molecule has 0 spiro atoms. The number of aromatic nitrogens is 3. The molecule has 5 nitrogen and oxygen atoms in total. The Kier molecular flexibility index (Phi) is 4.08. The van der Waals surface area contributed by atoms with Gasteiger partial charge in [0.05, 0.1) is 0 Å². The summed E-state index contributed by atoms with van der Waals surface area (Å²) >= 11 is 4.80. The Hall–Kier alpha value is -1.38. The van der Waals surface area contributed by atoms with Gasteiger partial charge in [-0.1, -0.05) is 20.8 Å². The van der Waals surface area contributed by atoms with Gasteiger partial charge in [-0.2, -0.15) is 13.2 Å². The van der Waals surface area contributed by atoms with E-state index in [0.29, 0.717) is 0 Å². The predicted molar refractivity (Wildman–Crippen MR) is 65.2 cm³/mol. The van der Waals surface area contributed by atoms with Gasteiger partial charge in [0.2, 0.25) is 5.82 Å². The van der Waals surface area contributed by atoms with Crippen LogP contribution >= 0.6 is 12.2 Å². The standard InChI is InChI=1S/C10H15F3N4OS/c1-9(2,3)7(10(11,12)13)14-6(18)5-15-16-8(19)17(5)4/h7H,1-4H3,(H,14,18)(H,16,19). The van der Waals surface area contributed by atoms with Crippen LogP contribution < -0.4 is 5.32 Å². The van der Waals surface area contributed by atoms with Crippen LogP contribution in [0.1, 0.15) is 31.4 Å². The topological polar surface area (TPSA) is 62.7 Å². The third-order valence-corrected chi connectivity index (χ3v) is 2.92. The van der Waals surface area contributed by atoms with Crippen LogP contribution in [-0.2, 0) is 7.05 Å². The zero-order chi connectivity index (χ0) is 15.0. The maximum Gasteiger partial charge on any atom is 0.409 e. The first-order valence-corrected chi connectivity index (χ1v) is 5.84. The van der Waals surface area contributed by atoms with E-state index in [1.54, 1.807) is 0 Å². The van der Waals surface area contributed by atoms with Gasteiger partial charge in [-0.05, 0) is 17.6 Å². The number of rotatable bonds is 2. The fourth-order valence-electron chi connectivity index (χ4n) is 1.54. The summed E-state index contributed by atoms with van der Waals surface area (Å²) in [6, 6.07) is -1.97. The number of amides is 1. The lowest BCUT2D eigenvalue weighted by Crippen LogP contribution is -2.53. The number of hydrogen-bond donors (Lipinski definition) is 2. The van der Waals surface area contributed by atoms with E-state index in [9.17, 15) is 18.0 Å². The number of H-pyrrole nitrogens is 1. The monoisotopic (exact) mass is 296 g/mol. The van der Waals surface area contributed by atoms with E-state index in [4.69, 9.17) is 12.2 Å². The highest BCUT2D eigenvalue weighted by molar-refractivity contribution is 7.71. The van der Waals surface area contributed by atoms with Crippen molar-refractivity contribution >= 4 is 18.1 Å². The Bertz CT molecular complexity index is 512. The van der Waals surface area contributed by atoms with Gasteiger partial charge in [0.25, 0.3) is 5.91 Å². The first-order chi connectivity index (χ1) is 8.44. The number of carbonyl (C=O) groups is 1. The summed E-state index contributed by atoms with van der Waals surface area (Å²) < 4.78 is 40.1. The van der Waals surface area contributed by atoms with E-state index in [2.05, 4.69) is 10.2 Å². The van der Waals surface area contributed by atoms with Crippen molar-refractivity contribution in [2.75, 3.05) is 0 Å². The SMILES string of the molecule is Cn1c(C(=O)NC(C(C)(C)C)C(F)(F)F)n[nH]c1=S. The number of aromatic amines is 1. The lowest BCUT2D eigenvalue weighted by Gasteiger charge is -2.32. The molecule has 1 aromatic heterocycles. The third-order valence-electron chi connectivity index (χ3n) is 2.55. The van der Waals surface area contributed by atoms with Crippen LogP contribution in [0.3, 0.4) is 0 Å². The quantitative estimate of drug-likeness (QED) is 0.822. The highest BCUT2D eigenvalue weighted by atomic mass is 32.1. The molecule has 1 unspecified atom stereocenters. The van der Waals surface area contributed by atoms with Crippen LogP contribution in [0.4, 0.5) is 13.2 Å². The van der Waals surface area contributed by atoms with E-state index >= 15 is 0 Å². The molecule has 1 heterocycles. The fourth-order valence-corrected chi connectivity index (χ4v) is 1.67. The Morgan fingerprint density at radius 1 is 1.42 bits per heavy atom. The molecule has 1 rings (SSSR count). The average Bonchev–Trinajstić information content (AvgIpc) is 2.53. The molecule has 0 saturated carbocycles. The van der Waals surface area contributed by atoms with Gasteiger partial charge in [-0.25, -0.2) is 0 Å². The molecule has 0 aliphatic rings. The summed E-state index contributed by atoms with van der Waals surface area (Å²) in [6.07, 6.45) is -4.54. The Morgan fingerprint density at radius 3 is 2.26 bits per heavy atom. The summed E-state index contributed by atoms with van der Waals surface area (Å²) in [6.45, 7) is 4.19. The third kappa shape index (κ3) is 3.55.